The molecular weight excluding hydrogens is 290 g/mol. The van der Waals surface area contributed by atoms with E-state index < -0.39 is 10.0 Å². The van der Waals surface area contributed by atoms with Crippen LogP contribution >= 0.6 is 0 Å². The number of anilines is 1. The van der Waals surface area contributed by atoms with Gasteiger partial charge in [-0.2, -0.15) is 9.57 Å². The third kappa shape index (κ3) is 4.95. The second-order valence-electron chi connectivity index (χ2n) is 4.94. The Morgan fingerprint density at radius 3 is 2.48 bits per heavy atom. The summed E-state index contributed by atoms with van der Waals surface area (Å²) in [6, 6.07) is 1.97. The maximum atomic E-state index is 12.6. The molecule has 1 N–H and O–H groups in total. The minimum Gasteiger partial charge on any atom is -0.355 e. The predicted molar refractivity (Wildman–Crippen MR) is 80.0 cm³/mol. The van der Waals surface area contributed by atoms with Crippen LogP contribution in [0.15, 0.2) is 17.3 Å². The zero-order valence-electron chi connectivity index (χ0n) is 12.6. The van der Waals surface area contributed by atoms with Crippen molar-refractivity contribution in [3.63, 3.8) is 0 Å². The average molecular weight is 311 g/mol. The van der Waals surface area contributed by atoms with E-state index in [-0.39, 0.29) is 23.8 Å². The molecule has 1 rings (SSSR count). The van der Waals surface area contributed by atoms with E-state index in [1.165, 1.54) is 16.7 Å². The summed E-state index contributed by atoms with van der Waals surface area (Å²) < 4.78 is 26.4. The topological polar surface area (TPSA) is 99.0 Å². The Bertz CT molecular complexity index is 578. The van der Waals surface area contributed by atoms with E-state index in [4.69, 9.17) is 5.26 Å². The lowest BCUT2D eigenvalue weighted by molar-refractivity contribution is 0.372. The molecule has 1 aromatic heterocycles. The zero-order valence-corrected chi connectivity index (χ0v) is 13.4. The van der Waals surface area contributed by atoms with Crippen molar-refractivity contribution in [2.24, 2.45) is 5.92 Å². The van der Waals surface area contributed by atoms with E-state index in [0.29, 0.717) is 19.0 Å². The summed E-state index contributed by atoms with van der Waals surface area (Å²) in [6.45, 7) is 6.96. The zero-order chi connectivity index (χ0) is 15.9. The lowest BCUT2D eigenvalue weighted by Gasteiger charge is -2.22. The fourth-order valence-electron chi connectivity index (χ4n) is 1.74. The minimum atomic E-state index is -3.67. The van der Waals surface area contributed by atoms with E-state index in [1.807, 2.05) is 26.8 Å². The molecule has 0 radical (unpaired) electrons. The summed E-state index contributed by atoms with van der Waals surface area (Å²) in [4.78, 5) is 8.01. The number of nitrogens with one attached hydrogen (secondary N) is 1. The molecule has 0 fully saturated rings. The smallest absolute Gasteiger partial charge is 0.246 e. The van der Waals surface area contributed by atoms with Crippen LogP contribution in [0.1, 0.15) is 27.2 Å². The Balaban J connectivity index is 3.01. The maximum absolute atomic E-state index is 12.6. The highest BCUT2D eigenvalue weighted by atomic mass is 32.2. The molecule has 116 valence electrons. The molecule has 8 heteroatoms. The minimum absolute atomic E-state index is 0.0442. The molecule has 0 bridgehead atoms. The molecule has 0 aromatic carbocycles. The van der Waals surface area contributed by atoms with Gasteiger partial charge in [0.25, 0.3) is 0 Å². The third-order valence-electron chi connectivity index (χ3n) is 2.64. The molecule has 7 nitrogen and oxygen atoms in total. The normalized spacial score (nSPS) is 11.6. The standard InChI is InChI=1S/C13H21N5O2S/c1-4-15-13-16-8-12(9-17-13)21(19,20)18(7-5-6-14)10-11(2)3/h8-9,11H,4-5,7,10H2,1-3H3,(H,15,16,17). The molecular formula is C13H21N5O2S. The van der Waals surface area contributed by atoms with Crippen LogP contribution in [0.25, 0.3) is 0 Å². The summed E-state index contributed by atoms with van der Waals surface area (Å²) in [5, 5.41) is 11.6. The number of nitriles is 1. The van der Waals surface area contributed by atoms with Gasteiger partial charge in [0.2, 0.25) is 16.0 Å². The number of hydrogen-bond donors (Lipinski definition) is 1. The summed E-state index contributed by atoms with van der Waals surface area (Å²) in [6.07, 6.45) is 2.74. The van der Waals surface area contributed by atoms with Gasteiger partial charge in [-0.05, 0) is 12.8 Å². The van der Waals surface area contributed by atoms with Gasteiger partial charge in [0.05, 0.1) is 18.5 Å². The molecule has 1 heterocycles. The molecule has 0 aliphatic heterocycles. The van der Waals surface area contributed by atoms with Gasteiger partial charge in [-0.1, -0.05) is 13.8 Å². The number of nitrogens with zero attached hydrogens (tertiary/aromatic N) is 4. The Hall–Kier alpha value is -1.72. The van der Waals surface area contributed by atoms with Crippen LogP contribution in [-0.4, -0.2) is 42.3 Å². The monoisotopic (exact) mass is 311 g/mol. The number of rotatable bonds is 8. The van der Waals surface area contributed by atoms with Crippen molar-refractivity contribution < 1.29 is 8.42 Å². The number of hydrogen-bond acceptors (Lipinski definition) is 6. The van der Waals surface area contributed by atoms with E-state index in [1.54, 1.807) is 0 Å². The lowest BCUT2D eigenvalue weighted by atomic mass is 10.2. The molecule has 0 saturated heterocycles. The first-order valence-electron chi connectivity index (χ1n) is 6.84. The largest absolute Gasteiger partial charge is 0.355 e. The lowest BCUT2D eigenvalue weighted by Crippen LogP contribution is -2.35. The van der Waals surface area contributed by atoms with E-state index >= 15 is 0 Å². The van der Waals surface area contributed by atoms with Crippen LogP contribution in [0.4, 0.5) is 5.95 Å². The average Bonchev–Trinajstić information content (AvgIpc) is 2.44. The van der Waals surface area contributed by atoms with Crippen LogP contribution in [0, 0.1) is 17.2 Å². The Morgan fingerprint density at radius 2 is 2.00 bits per heavy atom. The molecule has 0 saturated carbocycles. The van der Waals surface area contributed by atoms with Crippen molar-refractivity contribution in [3.05, 3.63) is 12.4 Å². The van der Waals surface area contributed by atoms with Gasteiger partial charge in [0, 0.05) is 26.1 Å². The van der Waals surface area contributed by atoms with E-state index in [9.17, 15) is 8.42 Å². The first kappa shape index (κ1) is 17.3. The Kier molecular flexibility index (Phi) is 6.52. The van der Waals surface area contributed by atoms with Gasteiger partial charge in [0.1, 0.15) is 4.90 Å². The van der Waals surface area contributed by atoms with Crippen LogP contribution < -0.4 is 5.32 Å². The van der Waals surface area contributed by atoms with Crippen LogP contribution in [-0.2, 0) is 10.0 Å². The van der Waals surface area contributed by atoms with Crippen molar-refractivity contribution >= 4 is 16.0 Å². The van der Waals surface area contributed by atoms with Crippen molar-refractivity contribution in [2.45, 2.75) is 32.1 Å². The van der Waals surface area contributed by atoms with Crippen LogP contribution in [0.5, 0.6) is 0 Å². The third-order valence-corrected chi connectivity index (χ3v) is 4.46. The van der Waals surface area contributed by atoms with Crippen molar-refractivity contribution in [1.29, 1.82) is 5.26 Å². The van der Waals surface area contributed by atoms with Gasteiger partial charge in [-0.3, -0.25) is 0 Å². The number of aromatic nitrogens is 2. The molecule has 21 heavy (non-hydrogen) atoms. The summed E-state index contributed by atoms with van der Waals surface area (Å²) in [5.41, 5.74) is 0. The van der Waals surface area contributed by atoms with Crippen molar-refractivity contribution in [3.8, 4) is 6.07 Å². The highest BCUT2D eigenvalue weighted by Crippen LogP contribution is 2.16. The first-order chi connectivity index (χ1) is 9.91. The Labute approximate surface area is 126 Å². The molecule has 0 unspecified atom stereocenters. The quantitative estimate of drug-likeness (QED) is 0.780. The maximum Gasteiger partial charge on any atom is 0.246 e. The highest BCUT2D eigenvalue weighted by molar-refractivity contribution is 7.89. The van der Waals surface area contributed by atoms with Gasteiger partial charge in [-0.15, -0.1) is 0 Å². The highest BCUT2D eigenvalue weighted by Gasteiger charge is 2.25. The fraction of sp³-hybridized carbons (Fsp3) is 0.615. The van der Waals surface area contributed by atoms with Crippen LogP contribution in [0.3, 0.4) is 0 Å². The second-order valence-corrected chi connectivity index (χ2v) is 6.88. The fourth-order valence-corrected chi connectivity index (χ4v) is 3.24. The number of sulfonamides is 1. The summed E-state index contributed by atoms with van der Waals surface area (Å²) >= 11 is 0. The van der Waals surface area contributed by atoms with Gasteiger partial charge in [-0.25, -0.2) is 18.4 Å². The Morgan fingerprint density at radius 1 is 1.38 bits per heavy atom. The second kappa shape index (κ2) is 7.90. The molecule has 0 spiro atoms. The van der Waals surface area contributed by atoms with Gasteiger partial charge in [0.15, 0.2) is 0 Å². The summed E-state index contributed by atoms with van der Waals surface area (Å²) in [7, 11) is -3.67. The van der Waals surface area contributed by atoms with Crippen molar-refractivity contribution in [2.75, 3.05) is 25.0 Å². The molecule has 0 amide bonds. The molecule has 0 atom stereocenters. The summed E-state index contributed by atoms with van der Waals surface area (Å²) in [5.74, 6) is 0.560. The molecule has 0 aliphatic rings. The van der Waals surface area contributed by atoms with Gasteiger partial charge >= 0.3 is 0 Å². The predicted octanol–water partition coefficient (Wildman–Crippen LogP) is 1.47. The van der Waals surface area contributed by atoms with E-state index in [2.05, 4.69) is 15.3 Å². The van der Waals surface area contributed by atoms with Crippen molar-refractivity contribution in [1.82, 2.24) is 14.3 Å². The van der Waals surface area contributed by atoms with E-state index in [0.717, 1.165) is 0 Å². The first-order valence-corrected chi connectivity index (χ1v) is 8.28. The van der Waals surface area contributed by atoms with Gasteiger partial charge < -0.3 is 5.32 Å². The SMILES string of the molecule is CCNc1ncc(S(=O)(=O)N(CCC#N)CC(C)C)cn1. The van der Waals surface area contributed by atoms with Crippen LogP contribution in [0.2, 0.25) is 0 Å². The molecule has 0 aliphatic carbocycles. The molecule has 1 aromatic rings.